The smallest absolute Gasteiger partial charge is 0.462 e. The van der Waals surface area contributed by atoms with E-state index in [9.17, 15) is 19.0 Å². The molecule has 2 unspecified atom stereocenters. The largest absolute Gasteiger partial charge is 0.472 e. The Balaban J connectivity index is 3.93. The molecule has 10 heteroatoms. The number of rotatable bonds is 56. The van der Waals surface area contributed by atoms with Crippen LogP contribution in [0.3, 0.4) is 0 Å². The minimum atomic E-state index is -4.39. The molecule has 0 radical (unpaired) electrons. The lowest BCUT2D eigenvalue weighted by atomic mass is 10.0. The van der Waals surface area contributed by atoms with E-state index in [-0.39, 0.29) is 38.6 Å². The van der Waals surface area contributed by atoms with E-state index in [1.165, 1.54) is 186 Å². The zero-order chi connectivity index (χ0) is 51.0. The third kappa shape index (κ3) is 55.3. The summed E-state index contributed by atoms with van der Waals surface area (Å²) in [7, 11) is -4.39. The van der Waals surface area contributed by atoms with Gasteiger partial charge in [-0.3, -0.25) is 18.6 Å². The highest BCUT2D eigenvalue weighted by Gasteiger charge is 2.26. The molecule has 0 rings (SSSR count). The highest BCUT2D eigenvalue weighted by Crippen LogP contribution is 2.43. The van der Waals surface area contributed by atoms with Crippen molar-refractivity contribution in [1.82, 2.24) is 0 Å². The number of allylic oxidation sites excluding steroid dienone is 8. The second-order valence-corrected chi connectivity index (χ2v) is 21.3. The van der Waals surface area contributed by atoms with Gasteiger partial charge in [0.2, 0.25) is 0 Å². The van der Waals surface area contributed by atoms with Gasteiger partial charge in [-0.2, -0.15) is 0 Å². The van der Waals surface area contributed by atoms with Crippen LogP contribution in [0.4, 0.5) is 0 Å². The van der Waals surface area contributed by atoms with E-state index in [4.69, 9.17) is 24.3 Å². The number of ether oxygens (including phenoxy) is 2. The Labute approximate surface area is 432 Å². The van der Waals surface area contributed by atoms with Gasteiger partial charge in [-0.1, -0.05) is 274 Å². The number of phosphoric ester groups is 1. The van der Waals surface area contributed by atoms with E-state index in [1.807, 2.05) is 0 Å². The maximum atomic E-state index is 12.7. The molecule has 0 spiro atoms. The van der Waals surface area contributed by atoms with E-state index < -0.39 is 26.5 Å². The number of nitrogens with two attached hydrogens (primary N) is 1. The molecule has 2 atom stereocenters. The fourth-order valence-corrected chi connectivity index (χ4v) is 9.40. The van der Waals surface area contributed by atoms with Crippen LogP contribution in [-0.2, 0) is 32.7 Å². The molecule has 0 fully saturated rings. The Morgan fingerprint density at radius 3 is 1.17 bits per heavy atom. The van der Waals surface area contributed by atoms with Crippen LogP contribution in [-0.4, -0.2) is 49.3 Å². The van der Waals surface area contributed by atoms with E-state index in [1.54, 1.807) is 0 Å². The molecule has 0 aliphatic carbocycles. The van der Waals surface area contributed by atoms with Gasteiger partial charge in [-0.25, -0.2) is 4.57 Å². The average Bonchev–Trinajstić information content (AvgIpc) is 3.35. The van der Waals surface area contributed by atoms with Crippen molar-refractivity contribution in [2.24, 2.45) is 5.73 Å². The Hall–Kier alpha value is -2.03. The SMILES string of the molecule is CC/C=C\C/C=C\C/C=C\C/C=C\CCCCCCCCCCCCC(=O)OC(COC(=O)CCCCCCCCCCCCCCCCCCCCCCCCCCCC)COP(=O)(O)OCCN. The molecule has 0 aliphatic rings. The zero-order valence-corrected chi connectivity index (χ0v) is 46.7. The zero-order valence-electron chi connectivity index (χ0n) is 45.8. The molecule has 0 saturated carbocycles. The van der Waals surface area contributed by atoms with E-state index in [0.29, 0.717) is 6.42 Å². The summed E-state index contributed by atoms with van der Waals surface area (Å²) < 4.78 is 33.1. The van der Waals surface area contributed by atoms with Crippen molar-refractivity contribution in [2.75, 3.05) is 26.4 Å². The van der Waals surface area contributed by atoms with Crippen molar-refractivity contribution in [3.05, 3.63) is 48.6 Å². The lowest BCUT2D eigenvalue weighted by Crippen LogP contribution is -2.29. The van der Waals surface area contributed by atoms with Gasteiger partial charge in [0.15, 0.2) is 6.10 Å². The van der Waals surface area contributed by atoms with E-state index in [0.717, 1.165) is 70.6 Å². The minimum Gasteiger partial charge on any atom is -0.462 e. The van der Waals surface area contributed by atoms with Crippen molar-refractivity contribution < 1.29 is 37.6 Å². The summed E-state index contributed by atoms with van der Waals surface area (Å²) in [6.07, 6.45) is 68.9. The maximum Gasteiger partial charge on any atom is 0.472 e. The van der Waals surface area contributed by atoms with Crippen LogP contribution in [0, 0.1) is 0 Å². The van der Waals surface area contributed by atoms with Gasteiger partial charge in [0.05, 0.1) is 13.2 Å². The molecule has 0 heterocycles. The Morgan fingerprint density at radius 1 is 0.443 bits per heavy atom. The number of hydrogen-bond acceptors (Lipinski definition) is 8. The van der Waals surface area contributed by atoms with Gasteiger partial charge in [-0.15, -0.1) is 0 Å². The van der Waals surface area contributed by atoms with Gasteiger partial charge in [0.25, 0.3) is 0 Å². The number of phosphoric acid groups is 1. The highest BCUT2D eigenvalue weighted by atomic mass is 31.2. The number of carbonyl (C=O) groups excluding carboxylic acids is 2. The van der Waals surface area contributed by atoms with Gasteiger partial charge < -0.3 is 20.1 Å². The van der Waals surface area contributed by atoms with Gasteiger partial charge in [0.1, 0.15) is 6.61 Å². The van der Waals surface area contributed by atoms with E-state index >= 15 is 0 Å². The van der Waals surface area contributed by atoms with Crippen molar-refractivity contribution >= 4 is 19.8 Å². The number of carbonyl (C=O) groups is 2. The van der Waals surface area contributed by atoms with Gasteiger partial charge >= 0.3 is 19.8 Å². The Kier molecular flexibility index (Phi) is 54.6. The Morgan fingerprint density at radius 2 is 0.786 bits per heavy atom. The van der Waals surface area contributed by atoms with Crippen LogP contribution in [0.2, 0.25) is 0 Å². The molecule has 9 nitrogen and oxygen atoms in total. The molecular formula is C60H112NO8P. The predicted octanol–water partition coefficient (Wildman–Crippen LogP) is 18.6. The average molecular weight is 1010 g/mol. The summed E-state index contributed by atoms with van der Waals surface area (Å²) in [6.45, 7) is 3.67. The lowest BCUT2D eigenvalue weighted by Gasteiger charge is -2.19. The topological polar surface area (TPSA) is 134 Å². The van der Waals surface area contributed by atoms with Crippen LogP contribution < -0.4 is 5.73 Å². The molecule has 0 aromatic carbocycles. The summed E-state index contributed by atoms with van der Waals surface area (Å²) >= 11 is 0. The summed E-state index contributed by atoms with van der Waals surface area (Å²) in [5.74, 6) is -0.820. The minimum absolute atomic E-state index is 0.0529. The first-order chi connectivity index (χ1) is 34.3. The molecular weight excluding hydrogens is 894 g/mol. The van der Waals surface area contributed by atoms with Crippen LogP contribution >= 0.6 is 7.82 Å². The fraction of sp³-hybridized carbons (Fsp3) is 0.833. The number of esters is 2. The highest BCUT2D eigenvalue weighted by molar-refractivity contribution is 7.47. The standard InChI is InChI=1S/C60H112NO8P/c1-3-5-7-9-11-13-15-17-19-21-23-25-27-28-29-31-32-34-36-38-40-42-44-46-48-50-52-59(62)66-56-58(57-68-70(64,65)67-55-54-61)69-60(63)53-51-49-47-45-43-41-39-37-35-33-30-26-24-22-20-18-16-14-12-10-8-6-4-2/h6,8,12,14,18,20,24,26,58H,3-5,7,9-11,13,15-17,19,21-23,25,27-57,61H2,1-2H3,(H,64,65)/b8-6-,14-12-,20-18-,26-24-. The first-order valence-corrected chi connectivity index (χ1v) is 31.1. The molecule has 0 aromatic heterocycles. The molecule has 0 aliphatic heterocycles. The predicted molar refractivity (Wildman–Crippen MR) is 298 cm³/mol. The second-order valence-electron chi connectivity index (χ2n) is 19.8. The summed E-state index contributed by atoms with van der Waals surface area (Å²) in [5, 5.41) is 0. The second kappa shape index (κ2) is 56.3. The van der Waals surface area contributed by atoms with Crippen molar-refractivity contribution in [1.29, 1.82) is 0 Å². The summed E-state index contributed by atoms with van der Waals surface area (Å²) in [5.41, 5.74) is 5.38. The first-order valence-electron chi connectivity index (χ1n) is 29.6. The molecule has 0 aromatic rings. The number of unbranched alkanes of at least 4 members (excludes halogenated alkanes) is 35. The van der Waals surface area contributed by atoms with Crippen LogP contribution in [0.5, 0.6) is 0 Å². The fourth-order valence-electron chi connectivity index (χ4n) is 8.63. The molecule has 0 amide bonds. The normalized spacial score (nSPS) is 13.4. The summed E-state index contributed by atoms with van der Waals surface area (Å²) in [6, 6.07) is 0. The van der Waals surface area contributed by atoms with Crippen LogP contribution in [0.15, 0.2) is 48.6 Å². The van der Waals surface area contributed by atoms with Crippen molar-refractivity contribution in [3.8, 4) is 0 Å². The van der Waals surface area contributed by atoms with Crippen molar-refractivity contribution in [2.45, 2.75) is 296 Å². The van der Waals surface area contributed by atoms with Crippen LogP contribution in [0.1, 0.15) is 290 Å². The van der Waals surface area contributed by atoms with E-state index in [2.05, 4.69) is 62.5 Å². The maximum absolute atomic E-state index is 12.7. The molecule has 0 bridgehead atoms. The summed E-state index contributed by atoms with van der Waals surface area (Å²) in [4.78, 5) is 35.2. The lowest BCUT2D eigenvalue weighted by molar-refractivity contribution is -0.161. The van der Waals surface area contributed by atoms with Gasteiger partial charge in [0, 0.05) is 19.4 Å². The number of hydrogen-bond donors (Lipinski definition) is 2. The quantitative estimate of drug-likeness (QED) is 0.0264. The molecule has 0 saturated heterocycles. The molecule has 3 N–H and O–H groups in total. The third-order valence-corrected chi connectivity index (χ3v) is 14.0. The molecule has 410 valence electrons. The molecule has 70 heavy (non-hydrogen) atoms. The Bertz CT molecular complexity index is 1280. The monoisotopic (exact) mass is 1010 g/mol. The van der Waals surface area contributed by atoms with Crippen LogP contribution in [0.25, 0.3) is 0 Å². The first kappa shape index (κ1) is 68.0. The van der Waals surface area contributed by atoms with Crippen molar-refractivity contribution in [3.63, 3.8) is 0 Å². The van der Waals surface area contributed by atoms with Gasteiger partial charge in [-0.05, 0) is 51.4 Å². The third-order valence-electron chi connectivity index (χ3n) is 13.0.